The van der Waals surface area contributed by atoms with Crippen LogP contribution in [0.5, 0.6) is 0 Å². The van der Waals surface area contributed by atoms with Crippen LogP contribution in [0.4, 0.5) is 0 Å². The molecule has 0 unspecified atom stereocenters. The third-order valence-corrected chi connectivity index (χ3v) is 4.42. The molecule has 4 aromatic rings. The number of hydrogen-bond acceptors (Lipinski definition) is 3. The minimum absolute atomic E-state index is 0. The largest absolute Gasteiger partial charge is 0.345 e. The van der Waals surface area contributed by atoms with Crippen molar-refractivity contribution in [3.05, 3.63) is 107 Å². The van der Waals surface area contributed by atoms with E-state index in [1.165, 1.54) is 0 Å². The third kappa shape index (κ3) is 4.64. The van der Waals surface area contributed by atoms with Gasteiger partial charge in [0.15, 0.2) is 0 Å². The molecule has 0 amide bonds. The maximum Gasteiger partial charge on any atom is 0.110 e. The van der Waals surface area contributed by atoms with Crippen LogP contribution in [-0.4, -0.2) is 15.0 Å². The highest BCUT2D eigenvalue weighted by atomic mass is 35.5. The molecule has 0 spiro atoms. The quantitative estimate of drug-likeness (QED) is 0.528. The Kier molecular flexibility index (Phi) is 6.21. The highest BCUT2D eigenvalue weighted by molar-refractivity contribution is 5.85. The molecular formula is C23H19ClN4. The first kappa shape index (κ1) is 19.3. The summed E-state index contributed by atoms with van der Waals surface area (Å²) in [6.07, 6.45) is 5.27. The number of halogens is 1. The van der Waals surface area contributed by atoms with Gasteiger partial charge in [-0.05, 0) is 29.3 Å². The van der Waals surface area contributed by atoms with Crippen LogP contribution in [0.15, 0.2) is 79.1 Å². The second-order valence-corrected chi connectivity index (χ2v) is 6.44. The molecule has 0 fully saturated rings. The van der Waals surface area contributed by atoms with E-state index in [0.717, 1.165) is 46.7 Å². The van der Waals surface area contributed by atoms with Crippen molar-refractivity contribution in [2.75, 3.05) is 0 Å². The zero-order valence-electron chi connectivity index (χ0n) is 15.2. The summed E-state index contributed by atoms with van der Waals surface area (Å²) in [5, 5.41) is 8.87. The standard InChI is InChI=1S/C23H18N4.ClH/c24-14-18-8-6-17(7-9-18)12-21-16-26-23(27-21)13-19-10-11-22(25-15-19)20-4-2-1-3-5-20;/h1-11,15-16H,12-13H2,(H,26,27);1H. The molecular weight excluding hydrogens is 368 g/mol. The van der Waals surface area contributed by atoms with Gasteiger partial charge in [0, 0.05) is 36.5 Å². The van der Waals surface area contributed by atoms with E-state index in [0.29, 0.717) is 5.56 Å². The summed E-state index contributed by atoms with van der Waals surface area (Å²) in [5.41, 5.74) is 6.10. The van der Waals surface area contributed by atoms with Crippen LogP contribution in [0.3, 0.4) is 0 Å². The Bertz CT molecular complexity index is 1060. The lowest BCUT2D eigenvalue weighted by Crippen LogP contribution is -1.94. The Labute approximate surface area is 170 Å². The Hall–Kier alpha value is -3.42. The van der Waals surface area contributed by atoms with Gasteiger partial charge in [-0.25, -0.2) is 4.98 Å². The lowest BCUT2D eigenvalue weighted by molar-refractivity contribution is 0.992. The Morgan fingerprint density at radius 1 is 0.786 bits per heavy atom. The van der Waals surface area contributed by atoms with E-state index in [1.807, 2.05) is 60.9 Å². The van der Waals surface area contributed by atoms with Crippen molar-refractivity contribution < 1.29 is 0 Å². The van der Waals surface area contributed by atoms with E-state index in [4.69, 9.17) is 5.26 Å². The number of hydrogen-bond donors (Lipinski definition) is 1. The number of aromatic nitrogens is 3. The highest BCUT2D eigenvalue weighted by Gasteiger charge is 2.05. The molecule has 2 aromatic carbocycles. The van der Waals surface area contributed by atoms with Crippen molar-refractivity contribution >= 4 is 12.4 Å². The van der Waals surface area contributed by atoms with Gasteiger partial charge in [0.1, 0.15) is 5.82 Å². The number of H-pyrrole nitrogens is 1. The van der Waals surface area contributed by atoms with Crippen molar-refractivity contribution in [2.45, 2.75) is 12.8 Å². The van der Waals surface area contributed by atoms with E-state index >= 15 is 0 Å². The van der Waals surface area contributed by atoms with Crippen LogP contribution in [0.2, 0.25) is 0 Å². The predicted molar refractivity (Wildman–Crippen MR) is 112 cm³/mol. The van der Waals surface area contributed by atoms with Crippen LogP contribution in [0.25, 0.3) is 11.3 Å². The lowest BCUT2D eigenvalue weighted by atomic mass is 10.1. The fourth-order valence-electron chi connectivity index (χ4n) is 3.00. The number of rotatable bonds is 5. The first-order valence-corrected chi connectivity index (χ1v) is 8.82. The predicted octanol–water partition coefficient (Wildman–Crippen LogP) is 4.95. The number of benzene rings is 2. The second kappa shape index (κ2) is 8.98. The zero-order chi connectivity index (χ0) is 18.5. The molecule has 1 N–H and O–H groups in total. The van der Waals surface area contributed by atoms with Gasteiger partial charge >= 0.3 is 0 Å². The first-order valence-electron chi connectivity index (χ1n) is 8.82. The minimum atomic E-state index is 0. The molecule has 28 heavy (non-hydrogen) atoms. The molecule has 5 heteroatoms. The van der Waals surface area contributed by atoms with Gasteiger partial charge in [-0.15, -0.1) is 12.4 Å². The van der Waals surface area contributed by atoms with Gasteiger partial charge in [-0.2, -0.15) is 5.26 Å². The second-order valence-electron chi connectivity index (χ2n) is 6.44. The van der Waals surface area contributed by atoms with Gasteiger partial charge in [-0.3, -0.25) is 4.98 Å². The Morgan fingerprint density at radius 2 is 1.54 bits per heavy atom. The normalized spacial score (nSPS) is 10.1. The van der Waals surface area contributed by atoms with Gasteiger partial charge in [0.05, 0.1) is 17.3 Å². The van der Waals surface area contributed by atoms with Crippen molar-refractivity contribution in [2.24, 2.45) is 0 Å². The van der Waals surface area contributed by atoms with E-state index in [-0.39, 0.29) is 12.4 Å². The monoisotopic (exact) mass is 386 g/mol. The molecule has 0 aliphatic carbocycles. The summed E-state index contributed by atoms with van der Waals surface area (Å²) < 4.78 is 0. The maximum atomic E-state index is 8.87. The van der Waals surface area contributed by atoms with E-state index in [1.54, 1.807) is 0 Å². The average Bonchev–Trinajstić information content (AvgIpc) is 3.16. The van der Waals surface area contributed by atoms with E-state index in [9.17, 15) is 0 Å². The summed E-state index contributed by atoms with van der Waals surface area (Å²) in [4.78, 5) is 12.4. The highest BCUT2D eigenvalue weighted by Crippen LogP contribution is 2.17. The summed E-state index contributed by atoms with van der Waals surface area (Å²) >= 11 is 0. The molecule has 0 aliphatic rings. The SMILES string of the molecule is Cl.N#Cc1ccc(Cc2cnc(Cc3ccc(-c4ccccc4)nc3)[nH]2)cc1. The van der Waals surface area contributed by atoms with Crippen LogP contribution < -0.4 is 0 Å². The molecule has 0 saturated carbocycles. The molecule has 0 aliphatic heterocycles. The molecule has 0 bridgehead atoms. The van der Waals surface area contributed by atoms with Crippen LogP contribution >= 0.6 is 12.4 Å². The molecule has 4 nitrogen and oxygen atoms in total. The number of nitrogens with zero attached hydrogens (tertiary/aromatic N) is 3. The fourth-order valence-corrected chi connectivity index (χ4v) is 3.00. The minimum Gasteiger partial charge on any atom is -0.345 e. The molecule has 2 heterocycles. The van der Waals surface area contributed by atoms with Crippen molar-refractivity contribution in [3.63, 3.8) is 0 Å². The van der Waals surface area contributed by atoms with Gasteiger partial charge in [-0.1, -0.05) is 48.5 Å². The molecule has 138 valence electrons. The topological polar surface area (TPSA) is 65.4 Å². The maximum absolute atomic E-state index is 8.87. The summed E-state index contributed by atoms with van der Waals surface area (Å²) in [6.45, 7) is 0. The molecule has 0 saturated heterocycles. The molecule has 2 aromatic heterocycles. The smallest absolute Gasteiger partial charge is 0.110 e. The summed E-state index contributed by atoms with van der Waals surface area (Å²) in [5.74, 6) is 0.924. The zero-order valence-corrected chi connectivity index (χ0v) is 16.0. The Balaban J connectivity index is 0.00000225. The van der Waals surface area contributed by atoms with Gasteiger partial charge in [0.25, 0.3) is 0 Å². The Morgan fingerprint density at radius 3 is 2.21 bits per heavy atom. The van der Waals surface area contributed by atoms with Crippen LogP contribution in [-0.2, 0) is 12.8 Å². The average molecular weight is 387 g/mol. The van der Waals surface area contributed by atoms with Crippen molar-refractivity contribution in [1.82, 2.24) is 15.0 Å². The van der Waals surface area contributed by atoms with Crippen LogP contribution in [0, 0.1) is 11.3 Å². The number of aromatic amines is 1. The molecule has 0 radical (unpaired) electrons. The van der Waals surface area contributed by atoms with Gasteiger partial charge in [0.2, 0.25) is 0 Å². The molecule has 0 atom stereocenters. The molecule has 4 rings (SSSR count). The number of imidazole rings is 1. The van der Waals surface area contributed by atoms with Gasteiger partial charge < -0.3 is 4.98 Å². The van der Waals surface area contributed by atoms with E-state index < -0.39 is 0 Å². The fraction of sp³-hybridized carbons (Fsp3) is 0.0870. The third-order valence-electron chi connectivity index (χ3n) is 4.42. The first-order chi connectivity index (χ1) is 13.3. The van der Waals surface area contributed by atoms with Crippen LogP contribution in [0.1, 0.15) is 28.2 Å². The van der Waals surface area contributed by atoms with Crippen molar-refractivity contribution in [1.29, 1.82) is 5.26 Å². The summed E-state index contributed by atoms with van der Waals surface area (Å²) in [7, 11) is 0. The number of nitriles is 1. The summed E-state index contributed by atoms with van der Waals surface area (Å²) in [6, 6.07) is 24.1. The number of pyridine rings is 1. The van der Waals surface area contributed by atoms with E-state index in [2.05, 4.69) is 39.2 Å². The van der Waals surface area contributed by atoms with Crippen molar-refractivity contribution in [3.8, 4) is 17.3 Å². The number of nitrogens with one attached hydrogen (secondary N) is 1. The lowest BCUT2D eigenvalue weighted by Gasteiger charge is -2.03.